The second-order valence-corrected chi connectivity index (χ2v) is 8.16. The molecule has 0 fully saturated rings. The van der Waals surface area contributed by atoms with Crippen molar-refractivity contribution in [3.63, 3.8) is 0 Å². The number of nitriles is 1. The zero-order valence-electron chi connectivity index (χ0n) is 17.9. The van der Waals surface area contributed by atoms with E-state index in [2.05, 4.69) is 29.9 Å². The van der Waals surface area contributed by atoms with Crippen LogP contribution < -0.4 is 20.1 Å². The van der Waals surface area contributed by atoms with Crippen LogP contribution in [-0.4, -0.2) is 27.1 Å². The number of aryl methyl sites for hydroxylation is 1. The van der Waals surface area contributed by atoms with Crippen molar-refractivity contribution in [2.45, 2.75) is 39.5 Å². The van der Waals surface area contributed by atoms with E-state index in [-0.39, 0.29) is 23.7 Å². The fourth-order valence-corrected chi connectivity index (χ4v) is 3.49. The first-order valence-corrected chi connectivity index (χ1v) is 9.89. The Morgan fingerprint density at radius 3 is 2.77 bits per heavy atom. The van der Waals surface area contributed by atoms with Crippen LogP contribution >= 0.6 is 0 Å². The van der Waals surface area contributed by atoms with Gasteiger partial charge >= 0.3 is 5.69 Å². The topological polar surface area (TPSA) is 93.3 Å². The molecular formula is C23H23N5O3. The molecule has 4 rings (SSSR count). The Morgan fingerprint density at radius 1 is 1.23 bits per heavy atom. The highest BCUT2D eigenvalue weighted by molar-refractivity contribution is 5.49. The first kappa shape index (κ1) is 20.4. The number of fused-ring (bicyclic) bond motifs is 1. The third kappa shape index (κ3) is 4.08. The van der Waals surface area contributed by atoms with Crippen LogP contribution in [0.1, 0.15) is 30.7 Å². The maximum atomic E-state index is 12.4. The Hall–Kier alpha value is -3.86. The number of hydrogen-bond donors (Lipinski definition) is 0. The molecule has 0 amide bonds. The zero-order valence-corrected chi connectivity index (χ0v) is 17.9. The van der Waals surface area contributed by atoms with Crippen LogP contribution in [0.15, 0.2) is 47.4 Å². The van der Waals surface area contributed by atoms with Crippen molar-refractivity contribution < 1.29 is 9.47 Å². The summed E-state index contributed by atoms with van der Waals surface area (Å²) in [5.74, 6) is 2.10. The highest BCUT2D eigenvalue weighted by Gasteiger charge is 2.34. The fraction of sp³-hybridized carbons (Fsp3) is 0.304. The number of likely N-dealkylation sites (N-methyl/N-ethyl adjacent to an activating group) is 1. The summed E-state index contributed by atoms with van der Waals surface area (Å²) in [6.07, 6.45) is 1.66. The van der Waals surface area contributed by atoms with Gasteiger partial charge < -0.3 is 14.4 Å². The molecule has 0 radical (unpaired) electrons. The molecule has 0 unspecified atom stereocenters. The lowest BCUT2D eigenvalue weighted by molar-refractivity contribution is 0.291. The lowest BCUT2D eigenvalue weighted by atomic mass is 10.1. The van der Waals surface area contributed by atoms with E-state index in [9.17, 15) is 10.1 Å². The fourth-order valence-electron chi connectivity index (χ4n) is 3.49. The smallest absolute Gasteiger partial charge is 0.352 e. The third-order valence-corrected chi connectivity index (χ3v) is 5.41. The molecule has 0 aliphatic carbocycles. The molecule has 0 N–H and O–H groups in total. The van der Waals surface area contributed by atoms with E-state index >= 15 is 0 Å². The average Bonchev–Trinajstić information content (AvgIpc) is 2.97. The van der Waals surface area contributed by atoms with Gasteiger partial charge in [0.15, 0.2) is 0 Å². The van der Waals surface area contributed by atoms with E-state index in [4.69, 9.17) is 9.47 Å². The van der Waals surface area contributed by atoms with Gasteiger partial charge in [-0.15, -0.1) is 0 Å². The van der Waals surface area contributed by atoms with Crippen LogP contribution in [-0.2, 0) is 13.2 Å². The zero-order chi connectivity index (χ0) is 22.2. The first-order chi connectivity index (χ1) is 14.8. The van der Waals surface area contributed by atoms with Crippen molar-refractivity contribution in [2.75, 3.05) is 11.9 Å². The van der Waals surface area contributed by atoms with Crippen molar-refractivity contribution in [1.82, 2.24) is 14.5 Å². The van der Waals surface area contributed by atoms with Gasteiger partial charge in [0.2, 0.25) is 5.88 Å². The van der Waals surface area contributed by atoms with Crippen molar-refractivity contribution in [3.05, 3.63) is 69.9 Å². The molecule has 8 nitrogen and oxygen atoms in total. The number of rotatable bonds is 5. The lowest BCUT2D eigenvalue weighted by Gasteiger charge is -2.28. The molecule has 3 heterocycles. The molecule has 2 aromatic heterocycles. The van der Waals surface area contributed by atoms with Crippen molar-refractivity contribution in [1.29, 1.82) is 5.26 Å². The summed E-state index contributed by atoms with van der Waals surface area (Å²) >= 11 is 0. The Bertz CT molecular complexity index is 1240. The minimum absolute atomic E-state index is 0.169. The Balaban J connectivity index is 1.51. The second kappa shape index (κ2) is 7.76. The van der Waals surface area contributed by atoms with Crippen LogP contribution in [0, 0.1) is 18.3 Å². The monoisotopic (exact) mass is 417 g/mol. The third-order valence-electron chi connectivity index (χ3n) is 5.41. The van der Waals surface area contributed by atoms with Crippen molar-refractivity contribution in [3.8, 4) is 23.4 Å². The molecule has 0 saturated heterocycles. The summed E-state index contributed by atoms with van der Waals surface area (Å²) in [6, 6.07) is 12.7. The molecule has 0 spiro atoms. The van der Waals surface area contributed by atoms with Gasteiger partial charge in [-0.1, -0.05) is 6.07 Å². The van der Waals surface area contributed by atoms with Crippen LogP contribution in [0.4, 0.5) is 5.82 Å². The van der Waals surface area contributed by atoms with Gasteiger partial charge in [0, 0.05) is 31.1 Å². The second-order valence-electron chi connectivity index (χ2n) is 8.16. The summed E-state index contributed by atoms with van der Waals surface area (Å²) in [4.78, 5) is 22.6. The average molecular weight is 417 g/mol. The van der Waals surface area contributed by atoms with Crippen molar-refractivity contribution >= 4 is 5.82 Å². The predicted octanol–water partition coefficient (Wildman–Crippen LogP) is 3.42. The SMILES string of the molecule is Cc1cc(Oc2ccc(COc3cc4n(c(=O)n3)CC(C)(C)N4C)cc2C#N)ccn1. The highest BCUT2D eigenvalue weighted by Crippen LogP contribution is 2.32. The highest BCUT2D eigenvalue weighted by atomic mass is 16.5. The molecule has 0 atom stereocenters. The van der Waals surface area contributed by atoms with Gasteiger partial charge in [-0.3, -0.25) is 9.55 Å². The summed E-state index contributed by atoms with van der Waals surface area (Å²) in [5, 5.41) is 9.54. The molecule has 1 aromatic carbocycles. The number of ether oxygens (including phenoxy) is 2. The quantitative estimate of drug-likeness (QED) is 0.628. The van der Waals surface area contributed by atoms with E-state index in [0.29, 0.717) is 23.6 Å². The summed E-state index contributed by atoms with van der Waals surface area (Å²) < 4.78 is 13.3. The molecule has 1 aliphatic heterocycles. The Labute approximate surface area is 180 Å². The Morgan fingerprint density at radius 2 is 2.03 bits per heavy atom. The van der Waals surface area contributed by atoms with Gasteiger partial charge in [0.1, 0.15) is 30.0 Å². The van der Waals surface area contributed by atoms with E-state index in [0.717, 1.165) is 17.1 Å². The molecule has 31 heavy (non-hydrogen) atoms. The largest absolute Gasteiger partial charge is 0.473 e. The molecule has 158 valence electrons. The van der Waals surface area contributed by atoms with Crippen LogP contribution in [0.25, 0.3) is 0 Å². The molecule has 0 bridgehead atoms. The molecular weight excluding hydrogens is 394 g/mol. The van der Waals surface area contributed by atoms with Crippen molar-refractivity contribution in [2.24, 2.45) is 0 Å². The number of aromatic nitrogens is 3. The lowest BCUT2D eigenvalue weighted by Crippen LogP contribution is -2.38. The number of benzene rings is 1. The standard InChI is InChI=1S/C23H23N5O3/c1-15-9-18(7-8-25-15)31-19-6-5-16(10-17(19)12-24)13-30-20-11-21-27(4)23(2,3)14-28(21)22(29)26-20/h5-11H,13-14H2,1-4H3. The maximum Gasteiger partial charge on any atom is 0.352 e. The number of anilines is 1. The van der Waals surface area contributed by atoms with Gasteiger partial charge in [-0.25, -0.2) is 4.79 Å². The van der Waals surface area contributed by atoms with Gasteiger partial charge in [0.05, 0.1) is 17.6 Å². The normalized spacial score (nSPS) is 14.1. The minimum Gasteiger partial charge on any atom is -0.473 e. The minimum atomic E-state index is -0.334. The number of nitrogens with zero attached hydrogens (tertiary/aromatic N) is 5. The van der Waals surface area contributed by atoms with E-state index < -0.39 is 0 Å². The van der Waals surface area contributed by atoms with Gasteiger partial charge in [-0.2, -0.15) is 10.2 Å². The molecule has 1 aliphatic rings. The van der Waals surface area contributed by atoms with Crippen LogP contribution in [0.5, 0.6) is 17.4 Å². The van der Waals surface area contributed by atoms with E-state index in [1.54, 1.807) is 41.1 Å². The van der Waals surface area contributed by atoms with Gasteiger partial charge in [-0.05, 0) is 44.5 Å². The summed E-state index contributed by atoms with van der Waals surface area (Å²) in [5.41, 5.74) is 1.48. The number of hydrogen-bond acceptors (Lipinski definition) is 7. The molecule has 3 aromatic rings. The number of pyridine rings is 1. The first-order valence-electron chi connectivity index (χ1n) is 9.89. The molecule has 0 saturated carbocycles. The Kier molecular flexibility index (Phi) is 5.11. The summed E-state index contributed by atoms with van der Waals surface area (Å²) in [7, 11) is 1.95. The predicted molar refractivity (Wildman–Crippen MR) is 116 cm³/mol. The maximum absolute atomic E-state index is 12.4. The molecule has 8 heteroatoms. The van der Waals surface area contributed by atoms with E-state index in [1.807, 2.05) is 24.9 Å². The van der Waals surface area contributed by atoms with Gasteiger partial charge in [0.25, 0.3) is 0 Å². The van der Waals surface area contributed by atoms with Crippen LogP contribution in [0.3, 0.4) is 0 Å². The van der Waals surface area contributed by atoms with Crippen LogP contribution in [0.2, 0.25) is 0 Å². The summed E-state index contributed by atoms with van der Waals surface area (Å²) in [6.45, 7) is 6.76. The van der Waals surface area contributed by atoms with E-state index in [1.165, 1.54) is 0 Å².